The minimum atomic E-state index is -0.764. The molecule has 0 atom stereocenters. The summed E-state index contributed by atoms with van der Waals surface area (Å²) >= 11 is 0. The molecule has 4 heteroatoms. The molecule has 1 amide bonds. The highest BCUT2D eigenvalue weighted by Crippen LogP contribution is 2.18. The van der Waals surface area contributed by atoms with Gasteiger partial charge in [0.25, 0.3) is 0 Å². The molecule has 104 valence electrons. The lowest BCUT2D eigenvalue weighted by Gasteiger charge is -2.31. The van der Waals surface area contributed by atoms with E-state index in [9.17, 15) is 4.79 Å². The van der Waals surface area contributed by atoms with Gasteiger partial charge in [0, 0.05) is 19.8 Å². The third-order valence-electron chi connectivity index (χ3n) is 3.78. The van der Waals surface area contributed by atoms with Gasteiger partial charge in [0.2, 0.25) is 5.91 Å². The zero-order valence-corrected chi connectivity index (χ0v) is 11.4. The molecule has 0 unspecified atom stereocenters. The first-order chi connectivity index (χ1) is 9.15. The standard InChI is InChI=1S/C15H22N2O2/c1-2-12-5-3-4-6-13(12)11-17-14(18)15(16)7-9-19-10-8-15/h3-6H,2,7-11,16H2,1H3,(H,17,18). The SMILES string of the molecule is CCc1ccccc1CNC(=O)C1(N)CCOCC1. The second kappa shape index (κ2) is 6.17. The summed E-state index contributed by atoms with van der Waals surface area (Å²) in [4.78, 5) is 12.2. The number of hydrogen-bond acceptors (Lipinski definition) is 3. The molecule has 1 saturated heterocycles. The van der Waals surface area contributed by atoms with Gasteiger partial charge < -0.3 is 15.8 Å². The van der Waals surface area contributed by atoms with Crippen LogP contribution in [-0.4, -0.2) is 24.7 Å². The smallest absolute Gasteiger partial charge is 0.240 e. The molecule has 3 N–H and O–H groups in total. The summed E-state index contributed by atoms with van der Waals surface area (Å²) in [6.45, 7) is 3.79. The highest BCUT2D eigenvalue weighted by Gasteiger charge is 2.35. The number of carbonyl (C=O) groups excluding carboxylic acids is 1. The molecule has 1 aliphatic heterocycles. The topological polar surface area (TPSA) is 64.4 Å². The van der Waals surface area contributed by atoms with E-state index < -0.39 is 5.54 Å². The van der Waals surface area contributed by atoms with Gasteiger partial charge in [0.1, 0.15) is 0 Å². The van der Waals surface area contributed by atoms with Crippen molar-refractivity contribution in [2.75, 3.05) is 13.2 Å². The monoisotopic (exact) mass is 262 g/mol. The average molecular weight is 262 g/mol. The van der Waals surface area contributed by atoms with Crippen molar-refractivity contribution in [1.29, 1.82) is 0 Å². The third kappa shape index (κ3) is 3.33. The Hall–Kier alpha value is -1.39. The van der Waals surface area contributed by atoms with Crippen molar-refractivity contribution in [3.05, 3.63) is 35.4 Å². The number of nitrogens with two attached hydrogens (primary N) is 1. The number of carbonyl (C=O) groups is 1. The van der Waals surface area contributed by atoms with E-state index >= 15 is 0 Å². The summed E-state index contributed by atoms with van der Waals surface area (Å²) < 4.78 is 5.25. The zero-order chi connectivity index (χ0) is 13.7. The molecule has 0 saturated carbocycles. The summed E-state index contributed by atoms with van der Waals surface area (Å²) in [6.07, 6.45) is 2.15. The van der Waals surface area contributed by atoms with Crippen molar-refractivity contribution in [2.45, 2.75) is 38.3 Å². The van der Waals surface area contributed by atoms with Crippen molar-refractivity contribution in [2.24, 2.45) is 5.73 Å². The van der Waals surface area contributed by atoms with Crippen LogP contribution in [0.15, 0.2) is 24.3 Å². The van der Waals surface area contributed by atoms with Gasteiger partial charge in [-0.2, -0.15) is 0 Å². The molecular formula is C15H22N2O2. The fraction of sp³-hybridized carbons (Fsp3) is 0.533. The third-order valence-corrected chi connectivity index (χ3v) is 3.78. The average Bonchev–Trinajstić information content (AvgIpc) is 2.45. The van der Waals surface area contributed by atoms with Gasteiger partial charge in [-0.05, 0) is 30.4 Å². The second-order valence-electron chi connectivity index (χ2n) is 5.07. The number of benzene rings is 1. The number of nitrogens with one attached hydrogen (secondary N) is 1. The molecule has 0 radical (unpaired) electrons. The van der Waals surface area contributed by atoms with E-state index in [1.807, 2.05) is 18.2 Å². The summed E-state index contributed by atoms with van der Waals surface area (Å²) in [5.41, 5.74) is 7.81. The van der Waals surface area contributed by atoms with Crippen LogP contribution in [0.1, 0.15) is 30.9 Å². The molecule has 0 aliphatic carbocycles. The van der Waals surface area contributed by atoms with Crippen LogP contribution < -0.4 is 11.1 Å². The molecule has 1 aromatic carbocycles. The second-order valence-corrected chi connectivity index (χ2v) is 5.07. The Bertz CT molecular complexity index is 440. The van der Waals surface area contributed by atoms with Crippen molar-refractivity contribution in [1.82, 2.24) is 5.32 Å². The molecule has 19 heavy (non-hydrogen) atoms. The van der Waals surface area contributed by atoms with Gasteiger partial charge in [-0.15, -0.1) is 0 Å². The van der Waals surface area contributed by atoms with Gasteiger partial charge in [0.15, 0.2) is 0 Å². The summed E-state index contributed by atoms with van der Waals surface area (Å²) in [6, 6.07) is 8.15. The molecule has 4 nitrogen and oxygen atoms in total. The number of aryl methyl sites for hydroxylation is 1. The molecule has 0 bridgehead atoms. The minimum absolute atomic E-state index is 0.0679. The van der Waals surface area contributed by atoms with E-state index in [1.165, 1.54) is 5.56 Å². The normalized spacial score (nSPS) is 18.0. The van der Waals surface area contributed by atoms with E-state index in [2.05, 4.69) is 18.3 Å². The maximum atomic E-state index is 12.2. The first kappa shape index (κ1) is 14.0. The first-order valence-corrected chi connectivity index (χ1v) is 6.87. The molecular weight excluding hydrogens is 240 g/mol. The Balaban J connectivity index is 1.96. The molecule has 1 heterocycles. The van der Waals surface area contributed by atoms with Gasteiger partial charge in [0.05, 0.1) is 5.54 Å². The lowest BCUT2D eigenvalue weighted by molar-refractivity contribution is -0.129. The number of hydrogen-bond donors (Lipinski definition) is 2. The predicted octanol–water partition coefficient (Wildman–Crippen LogP) is 1.37. The Kier molecular flexibility index (Phi) is 4.56. The van der Waals surface area contributed by atoms with Gasteiger partial charge in [-0.1, -0.05) is 31.2 Å². The van der Waals surface area contributed by atoms with Crippen molar-refractivity contribution < 1.29 is 9.53 Å². The van der Waals surface area contributed by atoms with Crippen LogP contribution in [0, 0.1) is 0 Å². The Morgan fingerprint density at radius 3 is 2.58 bits per heavy atom. The molecule has 1 fully saturated rings. The van der Waals surface area contributed by atoms with Crippen LogP contribution in [0.2, 0.25) is 0 Å². The van der Waals surface area contributed by atoms with E-state index in [0.717, 1.165) is 12.0 Å². The lowest BCUT2D eigenvalue weighted by Crippen LogP contribution is -2.56. The predicted molar refractivity (Wildman–Crippen MR) is 74.6 cm³/mol. The van der Waals surface area contributed by atoms with Crippen LogP contribution in [0.3, 0.4) is 0 Å². The number of amides is 1. The highest BCUT2D eigenvalue weighted by atomic mass is 16.5. The highest BCUT2D eigenvalue weighted by molar-refractivity contribution is 5.86. The van der Waals surface area contributed by atoms with Crippen LogP contribution >= 0.6 is 0 Å². The van der Waals surface area contributed by atoms with Gasteiger partial charge in [-0.25, -0.2) is 0 Å². The molecule has 2 rings (SSSR count). The quantitative estimate of drug-likeness (QED) is 0.861. The molecule has 1 aromatic rings. The summed E-state index contributed by atoms with van der Waals surface area (Å²) in [5, 5.41) is 2.96. The van der Waals surface area contributed by atoms with E-state index in [4.69, 9.17) is 10.5 Å². The van der Waals surface area contributed by atoms with Crippen LogP contribution in [0.25, 0.3) is 0 Å². The fourth-order valence-electron chi connectivity index (χ4n) is 2.39. The lowest BCUT2D eigenvalue weighted by atomic mass is 9.90. The van der Waals surface area contributed by atoms with E-state index in [0.29, 0.717) is 32.6 Å². The van der Waals surface area contributed by atoms with E-state index in [-0.39, 0.29) is 5.91 Å². The van der Waals surface area contributed by atoms with E-state index in [1.54, 1.807) is 0 Å². The zero-order valence-electron chi connectivity index (χ0n) is 11.4. The van der Waals surface area contributed by atoms with Crippen LogP contribution in [0.5, 0.6) is 0 Å². The molecule has 1 aliphatic rings. The Morgan fingerprint density at radius 1 is 1.32 bits per heavy atom. The Morgan fingerprint density at radius 2 is 1.95 bits per heavy atom. The van der Waals surface area contributed by atoms with Crippen LogP contribution in [-0.2, 0) is 22.5 Å². The summed E-state index contributed by atoms with van der Waals surface area (Å²) in [7, 11) is 0. The fourth-order valence-corrected chi connectivity index (χ4v) is 2.39. The maximum absolute atomic E-state index is 12.2. The van der Waals surface area contributed by atoms with Crippen molar-refractivity contribution >= 4 is 5.91 Å². The van der Waals surface area contributed by atoms with Crippen molar-refractivity contribution in [3.8, 4) is 0 Å². The summed E-state index contributed by atoms with van der Waals surface area (Å²) in [5.74, 6) is -0.0679. The van der Waals surface area contributed by atoms with Crippen LogP contribution in [0.4, 0.5) is 0 Å². The Labute approximate surface area is 114 Å². The largest absolute Gasteiger partial charge is 0.381 e. The molecule has 0 spiro atoms. The molecule has 0 aromatic heterocycles. The van der Waals surface area contributed by atoms with Gasteiger partial charge >= 0.3 is 0 Å². The minimum Gasteiger partial charge on any atom is -0.381 e. The van der Waals surface area contributed by atoms with Crippen molar-refractivity contribution in [3.63, 3.8) is 0 Å². The van der Waals surface area contributed by atoms with Gasteiger partial charge in [-0.3, -0.25) is 4.79 Å². The maximum Gasteiger partial charge on any atom is 0.240 e. The number of rotatable bonds is 4. The first-order valence-electron chi connectivity index (χ1n) is 6.87. The number of ether oxygens (including phenoxy) is 1.